The molecule has 0 spiro atoms. The first-order chi connectivity index (χ1) is 11.1. The fourth-order valence-electron chi connectivity index (χ4n) is 2.36. The summed E-state index contributed by atoms with van der Waals surface area (Å²) in [6.07, 6.45) is 0.815. The van der Waals surface area contributed by atoms with Gasteiger partial charge < -0.3 is 5.32 Å². The number of rotatable bonds is 4. The van der Waals surface area contributed by atoms with Crippen LogP contribution in [-0.4, -0.2) is 29.7 Å². The number of carbonyl (C=O) groups excluding carboxylic acids is 1. The summed E-state index contributed by atoms with van der Waals surface area (Å²) in [5.41, 5.74) is 2.73. The molecule has 2 aromatic rings. The van der Waals surface area contributed by atoms with Gasteiger partial charge in [-0.3, -0.25) is 9.80 Å². The molecule has 0 radical (unpaired) electrons. The minimum atomic E-state index is -0.103. The highest BCUT2D eigenvalue weighted by atomic mass is 35.5. The molecule has 1 aliphatic rings. The number of nitrogens with one attached hydrogen (secondary N) is 1. The second kappa shape index (κ2) is 7.02. The predicted octanol–water partition coefficient (Wildman–Crippen LogP) is 4.04. The molecular formula is C17H15Cl2N3O. The lowest BCUT2D eigenvalue weighted by molar-refractivity contribution is -0.117. The number of anilines is 1. The Labute approximate surface area is 144 Å². The Bertz CT molecular complexity index is 727. The largest absolute Gasteiger partial charge is 0.324 e. The van der Waals surface area contributed by atoms with E-state index in [-0.39, 0.29) is 12.5 Å². The van der Waals surface area contributed by atoms with Crippen LogP contribution in [0, 0.1) is 0 Å². The lowest BCUT2D eigenvalue weighted by Gasteiger charge is -2.13. The molecule has 118 valence electrons. The van der Waals surface area contributed by atoms with Crippen LogP contribution in [0.2, 0.25) is 10.0 Å². The lowest BCUT2D eigenvalue weighted by Crippen LogP contribution is -2.28. The van der Waals surface area contributed by atoms with Gasteiger partial charge in [0.25, 0.3) is 0 Å². The van der Waals surface area contributed by atoms with Gasteiger partial charge in [-0.2, -0.15) is 5.10 Å². The van der Waals surface area contributed by atoms with Crippen molar-refractivity contribution in [1.29, 1.82) is 0 Å². The molecule has 0 saturated heterocycles. The van der Waals surface area contributed by atoms with E-state index in [0.29, 0.717) is 10.0 Å². The Morgan fingerprint density at radius 3 is 2.30 bits per heavy atom. The predicted molar refractivity (Wildman–Crippen MR) is 94.3 cm³/mol. The van der Waals surface area contributed by atoms with E-state index in [1.807, 2.05) is 24.3 Å². The van der Waals surface area contributed by atoms with Crippen LogP contribution in [0.25, 0.3) is 0 Å². The number of hydrogen-bond acceptors (Lipinski definition) is 3. The third kappa shape index (κ3) is 4.24. The molecule has 1 heterocycles. The van der Waals surface area contributed by atoms with Crippen molar-refractivity contribution in [3.05, 3.63) is 64.1 Å². The summed E-state index contributed by atoms with van der Waals surface area (Å²) in [4.78, 5) is 12.1. The highest BCUT2D eigenvalue weighted by Gasteiger charge is 2.18. The van der Waals surface area contributed by atoms with E-state index in [0.717, 1.165) is 29.9 Å². The molecule has 0 bridgehead atoms. The topological polar surface area (TPSA) is 44.7 Å². The highest BCUT2D eigenvalue weighted by Crippen LogP contribution is 2.17. The molecule has 1 aliphatic heterocycles. The Kier molecular flexibility index (Phi) is 4.84. The molecule has 0 aliphatic carbocycles. The first kappa shape index (κ1) is 15.8. The van der Waals surface area contributed by atoms with Gasteiger partial charge in [0.2, 0.25) is 5.91 Å². The average Bonchev–Trinajstić information content (AvgIpc) is 2.98. The van der Waals surface area contributed by atoms with Gasteiger partial charge in [-0.25, -0.2) is 0 Å². The van der Waals surface area contributed by atoms with E-state index in [4.69, 9.17) is 23.2 Å². The van der Waals surface area contributed by atoms with E-state index in [9.17, 15) is 4.79 Å². The number of hydrazone groups is 1. The summed E-state index contributed by atoms with van der Waals surface area (Å²) in [5, 5.41) is 10.5. The molecule has 0 atom stereocenters. The van der Waals surface area contributed by atoms with Gasteiger partial charge in [0.1, 0.15) is 6.54 Å². The fourth-order valence-corrected chi connectivity index (χ4v) is 2.62. The maximum atomic E-state index is 12.1. The van der Waals surface area contributed by atoms with Crippen molar-refractivity contribution < 1.29 is 4.79 Å². The average molecular weight is 348 g/mol. The fraction of sp³-hybridized carbons (Fsp3) is 0.176. The van der Waals surface area contributed by atoms with Crippen LogP contribution in [-0.2, 0) is 4.79 Å². The molecule has 3 rings (SSSR count). The third-order valence-corrected chi connectivity index (χ3v) is 4.00. The maximum Gasteiger partial charge on any atom is 0.245 e. The quantitative estimate of drug-likeness (QED) is 0.906. The van der Waals surface area contributed by atoms with Crippen LogP contribution in [0.5, 0.6) is 0 Å². The lowest BCUT2D eigenvalue weighted by atomic mass is 10.1. The smallest absolute Gasteiger partial charge is 0.245 e. The maximum absolute atomic E-state index is 12.1. The molecule has 0 saturated carbocycles. The first-order valence-electron chi connectivity index (χ1n) is 7.24. The van der Waals surface area contributed by atoms with E-state index in [1.165, 1.54) is 0 Å². The van der Waals surface area contributed by atoms with Crippen LogP contribution in [0.15, 0.2) is 53.6 Å². The van der Waals surface area contributed by atoms with Crippen LogP contribution >= 0.6 is 23.2 Å². The van der Waals surface area contributed by atoms with Gasteiger partial charge in [-0.05, 0) is 42.0 Å². The van der Waals surface area contributed by atoms with E-state index < -0.39 is 0 Å². The molecule has 1 amide bonds. The van der Waals surface area contributed by atoms with Crippen molar-refractivity contribution in [2.75, 3.05) is 18.4 Å². The number of nitrogens with zero attached hydrogens (tertiary/aromatic N) is 2. The van der Waals surface area contributed by atoms with Crippen molar-refractivity contribution >= 4 is 40.5 Å². The standard InChI is InChI=1S/C17H15Cl2N3O/c18-13-3-1-12(2-4-13)16-9-10-22(21-16)11-17(23)20-15-7-5-14(19)6-8-15/h1-8H,9-11H2,(H,20,23). The van der Waals surface area contributed by atoms with E-state index >= 15 is 0 Å². The van der Waals surface area contributed by atoms with Gasteiger partial charge in [-0.15, -0.1) is 0 Å². The molecule has 23 heavy (non-hydrogen) atoms. The summed E-state index contributed by atoms with van der Waals surface area (Å²) in [7, 11) is 0. The zero-order valence-corrected chi connectivity index (χ0v) is 13.8. The van der Waals surface area contributed by atoms with Gasteiger partial charge in [0.05, 0.1) is 5.71 Å². The summed E-state index contributed by atoms with van der Waals surface area (Å²) < 4.78 is 0. The molecule has 0 unspecified atom stereocenters. The molecule has 1 N–H and O–H groups in total. The number of benzene rings is 2. The van der Waals surface area contributed by atoms with Crippen molar-refractivity contribution in [3.8, 4) is 0 Å². The number of carbonyl (C=O) groups is 1. The van der Waals surface area contributed by atoms with E-state index in [2.05, 4.69) is 10.4 Å². The summed E-state index contributed by atoms with van der Waals surface area (Å²) in [5.74, 6) is -0.103. The Hall–Kier alpha value is -2.04. The first-order valence-corrected chi connectivity index (χ1v) is 7.99. The van der Waals surface area contributed by atoms with Crippen molar-refractivity contribution in [2.45, 2.75) is 6.42 Å². The molecule has 0 aromatic heterocycles. The SMILES string of the molecule is O=C(CN1CCC(c2ccc(Cl)cc2)=N1)Nc1ccc(Cl)cc1. The molecule has 4 nitrogen and oxygen atoms in total. The van der Waals surface area contributed by atoms with Crippen molar-refractivity contribution in [3.63, 3.8) is 0 Å². The molecule has 6 heteroatoms. The number of halogens is 2. The van der Waals surface area contributed by atoms with Crippen LogP contribution < -0.4 is 5.32 Å². The molecule has 0 fully saturated rings. The monoisotopic (exact) mass is 347 g/mol. The molecular weight excluding hydrogens is 333 g/mol. The Morgan fingerprint density at radius 1 is 1.04 bits per heavy atom. The van der Waals surface area contributed by atoms with Crippen molar-refractivity contribution in [2.24, 2.45) is 5.10 Å². The molecule has 2 aromatic carbocycles. The van der Waals surface area contributed by atoms with Gasteiger partial charge in [0.15, 0.2) is 0 Å². The second-order valence-corrected chi connectivity index (χ2v) is 6.12. The van der Waals surface area contributed by atoms with E-state index in [1.54, 1.807) is 29.3 Å². The Morgan fingerprint density at radius 2 is 1.65 bits per heavy atom. The van der Waals surface area contributed by atoms with Gasteiger partial charge in [-0.1, -0.05) is 35.3 Å². The summed E-state index contributed by atoms with van der Waals surface area (Å²) in [6, 6.07) is 14.6. The third-order valence-electron chi connectivity index (χ3n) is 3.50. The van der Waals surface area contributed by atoms with Crippen molar-refractivity contribution in [1.82, 2.24) is 5.01 Å². The number of amides is 1. The second-order valence-electron chi connectivity index (χ2n) is 5.25. The summed E-state index contributed by atoms with van der Waals surface area (Å²) >= 11 is 11.7. The van der Waals surface area contributed by atoms with Crippen LogP contribution in [0.4, 0.5) is 5.69 Å². The van der Waals surface area contributed by atoms with Gasteiger partial charge in [0, 0.05) is 28.7 Å². The minimum absolute atomic E-state index is 0.103. The van der Waals surface area contributed by atoms with Gasteiger partial charge >= 0.3 is 0 Å². The van der Waals surface area contributed by atoms with Crippen LogP contribution in [0.3, 0.4) is 0 Å². The normalized spacial score (nSPS) is 13.8. The zero-order valence-electron chi connectivity index (χ0n) is 12.3. The summed E-state index contributed by atoms with van der Waals surface area (Å²) in [6.45, 7) is 0.950. The zero-order chi connectivity index (χ0) is 16.2. The van der Waals surface area contributed by atoms with Crippen LogP contribution in [0.1, 0.15) is 12.0 Å². The highest BCUT2D eigenvalue weighted by molar-refractivity contribution is 6.31. The Balaban J connectivity index is 1.59. The number of hydrogen-bond donors (Lipinski definition) is 1. The minimum Gasteiger partial charge on any atom is -0.324 e.